The molecule has 108 valence electrons. The van der Waals surface area contributed by atoms with Crippen molar-refractivity contribution in [1.82, 2.24) is 4.98 Å². The summed E-state index contributed by atoms with van der Waals surface area (Å²) in [5, 5.41) is 6.47. The van der Waals surface area contributed by atoms with Crippen LogP contribution in [0.5, 0.6) is 11.5 Å². The number of anilines is 1. The summed E-state index contributed by atoms with van der Waals surface area (Å²) < 4.78 is 11.2. The van der Waals surface area contributed by atoms with Crippen molar-refractivity contribution in [2.75, 3.05) is 18.5 Å². The van der Waals surface area contributed by atoms with Crippen LogP contribution in [-0.2, 0) is 0 Å². The fourth-order valence-electron chi connectivity index (χ4n) is 1.90. The van der Waals surface area contributed by atoms with E-state index in [0.29, 0.717) is 13.2 Å². The largest absolute Gasteiger partial charge is 0.494 e. The van der Waals surface area contributed by atoms with Crippen molar-refractivity contribution in [3.63, 3.8) is 0 Å². The van der Waals surface area contributed by atoms with Crippen LogP contribution in [0.15, 0.2) is 29.8 Å². The highest BCUT2D eigenvalue weighted by Crippen LogP contribution is 2.32. The summed E-state index contributed by atoms with van der Waals surface area (Å²) in [6.45, 7) is 7.32. The lowest BCUT2D eigenvalue weighted by Gasteiger charge is -2.17. The monoisotopic (exact) mass is 292 g/mol. The van der Waals surface area contributed by atoms with Gasteiger partial charge in [-0.05, 0) is 32.9 Å². The second-order valence-electron chi connectivity index (χ2n) is 4.26. The first-order chi connectivity index (χ1) is 9.74. The molecule has 1 atom stereocenters. The fraction of sp³-hybridized carbons (Fsp3) is 0.400. The van der Waals surface area contributed by atoms with Crippen molar-refractivity contribution in [2.24, 2.45) is 0 Å². The Morgan fingerprint density at radius 2 is 2.05 bits per heavy atom. The van der Waals surface area contributed by atoms with E-state index >= 15 is 0 Å². The number of aromatic nitrogens is 1. The van der Waals surface area contributed by atoms with Crippen molar-refractivity contribution in [3.8, 4) is 11.5 Å². The molecule has 1 heterocycles. The number of nitrogens with one attached hydrogen (secondary N) is 1. The van der Waals surface area contributed by atoms with Gasteiger partial charge in [-0.2, -0.15) is 0 Å². The first-order valence-corrected chi connectivity index (χ1v) is 7.68. The highest BCUT2D eigenvalue weighted by atomic mass is 32.1. The van der Waals surface area contributed by atoms with Crippen molar-refractivity contribution >= 4 is 17.0 Å². The molecule has 0 aliphatic carbocycles. The zero-order chi connectivity index (χ0) is 14.4. The van der Waals surface area contributed by atoms with E-state index in [4.69, 9.17) is 9.47 Å². The molecule has 5 heteroatoms. The van der Waals surface area contributed by atoms with Gasteiger partial charge in [0.05, 0.1) is 24.9 Å². The second kappa shape index (κ2) is 7.14. The molecule has 1 N–H and O–H groups in total. The molecule has 1 unspecified atom stereocenters. The van der Waals surface area contributed by atoms with Crippen molar-refractivity contribution in [1.29, 1.82) is 0 Å². The molecule has 2 rings (SSSR count). The predicted molar refractivity (Wildman–Crippen MR) is 82.9 cm³/mol. The van der Waals surface area contributed by atoms with Gasteiger partial charge in [0.15, 0.2) is 0 Å². The average Bonchev–Trinajstić information content (AvgIpc) is 2.96. The van der Waals surface area contributed by atoms with E-state index in [-0.39, 0.29) is 6.04 Å². The van der Waals surface area contributed by atoms with Crippen molar-refractivity contribution < 1.29 is 9.47 Å². The van der Waals surface area contributed by atoms with Gasteiger partial charge in [-0.25, -0.2) is 4.98 Å². The third-order valence-corrected chi connectivity index (χ3v) is 3.71. The Hall–Kier alpha value is -1.75. The first kappa shape index (κ1) is 14.7. The molecule has 0 saturated carbocycles. The van der Waals surface area contributed by atoms with Gasteiger partial charge >= 0.3 is 0 Å². The highest BCUT2D eigenvalue weighted by Gasteiger charge is 2.12. The van der Waals surface area contributed by atoms with Gasteiger partial charge in [0.2, 0.25) is 0 Å². The Morgan fingerprint density at radius 1 is 1.25 bits per heavy atom. The lowest BCUT2D eigenvalue weighted by Crippen LogP contribution is -2.08. The van der Waals surface area contributed by atoms with Crippen LogP contribution in [0.1, 0.15) is 31.8 Å². The SMILES string of the molecule is CCOc1ccc(OCC)c(NC(C)c2nccs2)c1. The average molecular weight is 292 g/mol. The summed E-state index contributed by atoms with van der Waals surface area (Å²) in [4.78, 5) is 4.33. The lowest BCUT2D eigenvalue weighted by molar-refractivity contribution is 0.331. The summed E-state index contributed by atoms with van der Waals surface area (Å²) in [5.41, 5.74) is 0.931. The maximum absolute atomic E-state index is 5.65. The maximum Gasteiger partial charge on any atom is 0.142 e. The Kier molecular flexibility index (Phi) is 5.24. The molecule has 0 aliphatic heterocycles. The van der Waals surface area contributed by atoms with E-state index < -0.39 is 0 Å². The molecule has 4 nitrogen and oxygen atoms in total. The molecule has 0 fully saturated rings. The Labute approximate surface area is 123 Å². The van der Waals surface area contributed by atoms with Gasteiger partial charge in [0.25, 0.3) is 0 Å². The van der Waals surface area contributed by atoms with E-state index in [2.05, 4.69) is 17.2 Å². The smallest absolute Gasteiger partial charge is 0.142 e. The quantitative estimate of drug-likeness (QED) is 0.834. The summed E-state index contributed by atoms with van der Waals surface area (Å²) in [5.74, 6) is 1.67. The molecule has 1 aromatic carbocycles. The van der Waals surface area contributed by atoms with Gasteiger partial charge in [0.1, 0.15) is 16.5 Å². The van der Waals surface area contributed by atoms with Gasteiger partial charge in [-0.1, -0.05) is 0 Å². The van der Waals surface area contributed by atoms with Crippen LogP contribution in [0.25, 0.3) is 0 Å². The number of benzene rings is 1. The number of ether oxygens (including phenoxy) is 2. The first-order valence-electron chi connectivity index (χ1n) is 6.80. The topological polar surface area (TPSA) is 43.4 Å². The molecule has 20 heavy (non-hydrogen) atoms. The van der Waals surface area contributed by atoms with E-state index in [9.17, 15) is 0 Å². The molecule has 2 aromatic rings. The van der Waals surface area contributed by atoms with E-state index in [0.717, 1.165) is 22.2 Å². The number of hydrogen-bond donors (Lipinski definition) is 1. The van der Waals surface area contributed by atoms with Gasteiger partial charge < -0.3 is 14.8 Å². The fourth-order valence-corrected chi connectivity index (χ4v) is 2.55. The van der Waals surface area contributed by atoms with Crippen LogP contribution in [-0.4, -0.2) is 18.2 Å². The Bertz CT molecular complexity index is 529. The molecule has 0 amide bonds. The van der Waals surface area contributed by atoms with E-state index in [1.807, 2.05) is 43.6 Å². The van der Waals surface area contributed by atoms with Gasteiger partial charge in [-0.3, -0.25) is 0 Å². The lowest BCUT2D eigenvalue weighted by atomic mass is 10.2. The minimum atomic E-state index is 0.131. The zero-order valence-corrected chi connectivity index (χ0v) is 12.9. The third-order valence-electron chi connectivity index (χ3n) is 2.76. The summed E-state index contributed by atoms with van der Waals surface area (Å²) in [7, 11) is 0. The summed E-state index contributed by atoms with van der Waals surface area (Å²) >= 11 is 1.64. The van der Waals surface area contributed by atoms with Gasteiger partial charge in [-0.15, -0.1) is 11.3 Å². The number of nitrogens with zero attached hydrogens (tertiary/aromatic N) is 1. The standard InChI is InChI=1S/C15H20N2O2S/c1-4-18-12-6-7-14(19-5-2)13(10-12)17-11(3)15-16-8-9-20-15/h6-11,17H,4-5H2,1-3H3. The van der Waals surface area contributed by atoms with Crippen LogP contribution >= 0.6 is 11.3 Å². The molecule has 0 aliphatic rings. The molecule has 0 saturated heterocycles. The Balaban J connectivity index is 2.20. The van der Waals surface area contributed by atoms with E-state index in [1.54, 1.807) is 11.3 Å². The molecular formula is C15H20N2O2S. The predicted octanol–water partition coefficient (Wildman–Crippen LogP) is 4.11. The minimum absolute atomic E-state index is 0.131. The van der Waals surface area contributed by atoms with Crippen LogP contribution in [0.3, 0.4) is 0 Å². The van der Waals surface area contributed by atoms with Crippen LogP contribution in [0.2, 0.25) is 0 Å². The maximum atomic E-state index is 5.65. The normalized spacial score (nSPS) is 11.9. The number of rotatable bonds is 7. The molecule has 0 bridgehead atoms. The minimum Gasteiger partial charge on any atom is -0.494 e. The van der Waals surface area contributed by atoms with Gasteiger partial charge in [0, 0.05) is 17.6 Å². The number of hydrogen-bond acceptors (Lipinski definition) is 5. The Morgan fingerprint density at radius 3 is 2.70 bits per heavy atom. The third kappa shape index (κ3) is 3.63. The second-order valence-corrected chi connectivity index (χ2v) is 5.19. The van der Waals surface area contributed by atoms with E-state index in [1.165, 1.54) is 0 Å². The van der Waals surface area contributed by atoms with Crippen LogP contribution < -0.4 is 14.8 Å². The van der Waals surface area contributed by atoms with Crippen LogP contribution in [0, 0.1) is 0 Å². The zero-order valence-electron chi connectivity index (χ0n) is 12.1. The van der Waals surface area contributed by atoms with Crippen molar-refractivity contribution in [2.45, 2.75) is 26.8 Å². The molecule has 0 radical (unpaired) electrons. The summed E-state index contributed by atoms with van der Waals surface area (Å²) in [6.07, 6.45) is 1.82. The molecule has 0 spiro atoms. The summed E-state index contributed by atoms with van der Waals surface area (Å²) in [6, 6.07) is 5.96. The highest BCUT2D eigenvalue weighted by molar-refractivity contribution is 7.09. The van der Waals surface area contributed by atoms with Crippen molar-refractivity contribution in [3.05, 3.63) is 34.8 Å². The number of thiazole rings is 1. The van der Waals surface area contributed by atoms with Crippen LogP contribution in [0.4, 0.5) is 5.69 Å². The molecule has 1 aromatic heterocycles. The molecular weight excluding hydrogens is 272 g/mol.